The van der Waals surface area contributed by atoms with Crippen LogP contribution in [0.5, 0.6) is 0 Å². The molecule has 0 fully saturated rings. The van der Waals surface area contributed by atoms with Crippen LogP contribution in [0.3, 0.4) is 0 Å². The molecule has 0 spiro atoms. The Hall–Kier alpha value is -2.43. The third-order valence-corrected chi connectivity index (χ3v) is 3.12. The average Bonchev–Trinajstić information content (AvgIpc) is 2.41. The molecule has 0 saturated carbocycles. The van der Waals surface area contributed by atoms with Crippen LogP contribution in [0.1, 0.15) is 41.4 Å². The number of hydrogen-bond acceptors (Lipinski definition) is 3. The van der Waals surface area contributed by atoms with Crippen LogP contribution in [0.2, 0.25) is 0 Å². The molecule has 0 radical (unpaired) electrons. The summed E-state index contributed by atoms with van der Waals surface area (Å²) in [4.78, 5) is 22.7. The molecule has 5 nitrogen and oxygen atoms in total. The molecule has 0 amide bonds. The zero-order valence-corrected chi connectivity index (χ0v) is 11.6. The fourth-order valence-corrected chi connectivity index (χ4v) is 1.89. The van der Waals surface area contributed by atoms with Gasteiger partial charge in [-0.2, -0.15) is 5.10 Å². The van der Waals surface area contributed by atoms with Gasteiger partial charge in [0.25, 0.3) is 0 Å². The van der Waals surface area contributed by atoms with Crippen molar-refractivity contribution >= 4 is 5.97 Å². The standard InChI is InChI=1S/C15H16N2O3/c1-9(2)11-4-6-12(7-5-11)17-8-10(3)14(18)13(16-17)15(19)20/h4-9H,1-3H3,(H,19,20). The highest BCUT2D eigenvalue weighted by molar-refractivity contribution is 5.85. The highest BCUT2D eigenvalue weighted by Crippen LogP contribution is 2.16. The van der Waals surface area contributed by atoms with Crippen molar-refractivity contribution in [3.05, 3.63) is 57.5 Å². The lowest BCUT2D eigenvalue weighted by molar-refractivity contribution is 0.0686. The van der Waals surface area contributed by atoms with Gasteiger partial charge in [0, 0.05) is 11.8 Å². The van der Waals surface area contributed by atoms with E-state index in [1.807, 2.05) is 24.3 Å². The van der Waals surface area contributed by atoms with E-state index in [0.717, 1.165) is 5.69 Å². The second-order valence-corrected chi connectivity index (χ2v) is 4.99. The fourth-order valence-electron chi connectivity index (χ4n) is 1.89. The van der Waals surface area contributed by atoms with E-state index >= 15 is 0 Å². The maximum atomic E-state index is 11.7. The number of carbonyl (C=O) groups is 1. The third-order valence-electron chi connectivity index (χ3n) is 3.12. The van der Waals surface area contributed by atoms with Gasteiger partial charge in [-0.25, -0.2) is 9.48 Å². The van der Waals surface area contributed by atoms with Crippen LogP contribution in [0, 0.1) is 6.92 Å². The van der Waals surface area contributed by atoms with Crippen molar-refractivity contribution in [3.63, 3.8) is 0 Å². The lowest BCUT2D eigenvalue weighted by Gasteiger charge is -2.10. The van der Waals surface area contributed by atoms with Gasteiger partial charge in [0.2, 0.25) is 11.1 Å². The fraction of sp³-hybridized carbons (Fsp3) is 0.267. The minimum atomic E-state index is -1.31. The van der Waals surface area contributed by atoms with E-state index in [9.17, 15) is 9.59 Å². The van der Waals surface area contributed by atoms with E-state index in [1.54, 1.807) is 13.1 Å². The Morgan fingerprint density at radius 1 is 1.25 bits per heavy atom. The van der Waals surface area contributed by atoms with E-state index in [4.69, 9.17) is 5.11 Å². The Balaban J connectivity index is 2.53. The predicted octanol–water partition coefficient (Wildman–Crippen LogP) is 2.36. The summed E-state index contributed by atoms with van der Waals surface area (Å²) in [6.07, 6.45) is 1.54. The van der Waals surface area contributed by atoms with Gasteiger partial charge in [0.15, 0.2) is 0 Å². The molecule has 5 heteroatoms. The van der Waals surface area contributed by atoms with Gasteiger partial charge in [-0.05, 0) is 30.5 Å². The van der Waals surface area contributed by atoms with Crippen LogP contribution in [-0.2, 0) is 0 Å². The number of nitrogens with zero attached hydrogens (tertiary/aromatic N) is 2. The SMILES string of the molecule is Cc1cn(-c2ccc(C(C)C)cc2)nc(C(=O)O)c1=O. The van der Waals surface area contributed by atoms with Crippen LogP contribution in [0.25, 0.3) is 5.69 Å². The van der Waals surface area contributed by atoms with Crippen LogP contribution in [-0.4, -0.2) is 20.9 Å². The lowest BCUT2D eigenvalue weighted by atomic mass is 10.0. The Morgan fingerprint density at radius 3 is 2.35 bits per heavy atom. The number of rotatable bonds is 3. The van der Waals surface area contributed by atoms with Crippen molar-refractivity contribution in [2.75, 3.05) is 0 Å². The maximum absolute atomic E-state index is 11.7. The van der Waals surface area contributed by atoms with Gasteiger partial charge in [0.1, 0.15) is 0 Å². The molecule has 2 aromatic rings. The van der Waals surface area contributed by atoms with Crippen LogP contribution in [0.4, 0.5) is 0 Å². The molecule has 0 aliphatic rings. The minimum Gasteiger partial charge on any atom is -0.476 e. The summed E-state index contributed by atoms with van der Waals surface area (Å²) in [6, 6.07) is 7.65. The summed E-state index contributed by atoms with van der Waals surface area (Å²) in [7, 11) is 0. The highest BCUT2D eigenvalue weighted by atomic mass is 16.4. The molecule has 0 saturated heterocycles. The Labute approximate surface area is 116 Å². The first kappa shape index (κ1) is 14.0. The first-order valence-electron chi connectivity index (χ1n) is 6.34. The second kappa shape index (κ2) is 5.28. The summed E-state index contributed by atoms with van der Waals surface area (Å²) < 4.78 is 1.42. The third kappa shape index (κ3) is 2.61. The molecule has 0 atom stereocenters. The second-order valence-electron chi connectivity index (χ2n) is 4.99. The normalized spacial score (nSPS) is 10.8. The molecule has 0 aliphatic carbocycles. The zero-order valence-electron chi connectivity index (χ0n) is 11.6. The summed E-state index contributed by atoms with van der Waals surface area (Å²) in [5.41, 5.74) is 1.25. The maximum Gasteiger partial charge on any atom is 0.360 e. The van der Waals surface area contributed by atoms with Crippen LogP contribution < -0.4 is 5.43 Å². The monoisotopic (exact) mass is 272 g/mol. The van der Waals surface area contributed by atoms with Gasteiger partial charge in [-0.15, -0.1) is 0 Å². The number of aromatic carboxylic acids is 1. The number of aromatic nitrogens is 2. The van der Waals surface area contributed by atoms with E-state index in [-0.39, 0.29) is 0 Å². The van der Waals surface area contributed by atoms with Gasteiger partial charge in [0.05, 0.1) is 5.69 Å². The molecule has 0 unspecified atom stereocenters. The highest BCUT2D eigenvalue weighted by Gasteiger charge is 2.14. The van der Waals surface area contributed by atoms with Gasteiger partial charge >= 0.3 is 5.97 Å². The number of benzene rings is 1. The molecule has 1 N–H and O–H groups in total. The van der Waals surface area contributed by atoms with Crippen molar-refractivity contribution in [2.45, 2.75) is 26.7 Å². The van der Waals surface area contributed by atoms with Crippen molar-refractivity contribution in [3.8, 4) is 5.69 Å². The smallest absolute Gasteiger partial charge is 0.360 e. The first-order valence-corrected chi connectivity index (χ1v) is 6.34. The molecule has 104 valence electrons. The number of aryl methyl sites for hydroxylation is 1. The molecular weight excluding hydrogens is 256 g/mol. The van der Waals surface area contributed by atoms with Crippen LogP contribution >= 0.6 is 0 Å². The summed E-state index contributed by atoms with van der Waals surface area (Å²) in [6.45, 7) is 5.77. The lowest BCUT2D eigenvalue weighted by Crippen LogP contribution is -2.23. The van der Waals surface area contributed by atoms with E-state index < -0.39 is 17.1 Å². The molecular formula is C15H16N2O3. The average molecular weight is 272 g/mol. The van der Waals surface area contributed by atoms with Crippen LogP contribution in [0.15, 0.2) is 35.3 Å². The number of carboxylic acid groups (broad SMARTS) is 1. The molecule has 1 aromatic carbocycles. The minimum absolute atomic E-state index is 0.352. The summed E-state index contributed by atoms with van der Waals surface area (Å²) in [5.74, 6) is -0.895. The quantitative estimate of drug-likeness (QED) is 0.931. The van der Waals surface area contributed by atoms with Crippen molar-refractivity contribution in [1.82, 2.24) is 9.78 Å². The summed E-state index contributed by atoms with van der Waals surface area (Å²) >= 11 is 0. The van der Waals surface area contributed by atoms with Crippen molar-refractivity contribution in [1.29, 1.82) is 0 Å². The Morgan fingerprint density at radius 2 is 1.85 bits per heavy atom. The summed E-state index contributed by atoms with van der Waals surface area (Å²) in [5, 5.41) is 12.9. The molecule has 0 aliphatic heterocycles. The number of carboxylic acids is 1. The Kier molecular flexibility index (Phi) is 3.70. The number of hydrogen-bond donors (Lipinski definition) is 1. The van der Waals surface area contributed by atoms with Gasteiger partial charge < -0.3 is 5.11 Å². The largest absolute Gasteiger partial charge is 0.476 e. The first-order chi connectivity index (χ1) is 9.40. The van der Waals surface area contributed by atoms with Gasteiger partial charge in [-0.1, -0.05) is 26.0 Å². The predicted molar refractivity (Wildman–Crippen MR) is 75.6 cm³/mol. The molecule has 1 heterocycles. The topological polar surface area (TPSA) is 72.2 Å². The van der Waals surface area contributed by atoms with E-state index in [1.165, 1.54) is 10.2 Å². The molecule has 0 bridgehead atoms. The van der Waals surface area contributed by atoms with Crippen molar-refractivity contribution in [2.24, 2.45) is 0 Å². The van der Waals surface area contributed by atoms with E-state index in [0.29, 0.717) is 11.5 Å². The molecule has 20 heavy (non-hydrogen) atoms. The van der Waals surface area contributed by atoms with E-state index in [2.05, 4.69) is 18.9 Å². The zero-order chi connectivity index (χ0) is 14.9. The van der Waals surface area contributed by atoms with Crippen molar-refractivity contribution < 1.29 is 9.90 Å². The molecule has 2 rings (SSSR count). The van der Waals surface area contributed by atoms with Gasteiger partial charge in [-0.3, -0.25) is 4.79 Å². The molecule has 1 aromatic heterocycles. The Bertz CT molecular complexity index is 700.